The van der Waals surface area contributed by atoms with Crippen LogP contribution in [0.2, 0.25) is 0 Å². The Morgan fingerprint density at radius 1 is 1.13 bits per heavy atom. The van der Waals surface area contributed by atoms with E-state index >= 15 is 0 Å². The van der Waals surface area contributed by atoms with Crippen LogP contribution in [0.5, 0.6) is 0 Å². The molecule has 0 aromatic carbocycles. The third-order valence-electron chi connectivity index (χ3n) is 3.27. The molecule has 88 valence electrons. The highest BCUT2D eigenvalue weighted by Gasteiger charge is 2.40. The van der Waals surface area contributed by atoms with Crippen molar-refractivity contribution in [3.8, 4) is 0 Å². The summed E-state index contributed by atoms with van der Waals surface area (Å²) in [5.74, 6) is 0. The molecular weight excluding hydrogens is 188 g/mol. The fraction of sp³-hybridized carbons (Fsp3) is 1.00. The van der Waals surface area contributed by atoms with E-state index in [4.69, 9.17) is 4.74 Å². The molecule has 1 N–H and O–H groups in total. The van der Waals surface area contributed by atoms with E-state index in [2.05, 4.69) is 37.9 Å². The van der Waals surface area contributed by atoms with E-state index in [0.29, 0.717) is 6.04 Å². The zero-order valence-electron chi connectivity index (χ0n) is 10.5. The normalized spacial score (nSPS) is 35.6. The average molecular weight is 212 g/mol. The number of hydrogen-bond donors (Lipinski definition) is 1. The molecule has 0 bridgehead atoms. The molecule has 0 spiro atoms. The third kappa shape index (κ3) is 2.71. The van der Waals surface area contributed by atoms with Gasteiger partial charge in [0, 0.05) is 25.7 Å². The van der Waals surface area contributed by atoms with Crippen LogP contribution in [0.1, 0.15) is 34.1 Å². The molecular formula is C12H24N2O. The molecule has 2 aliphatic heterocycles. The lowest BCUT2D eigenvalue weighted by Crippen LogP contribution is -2.60. The van der Waals surface area contributed by atoms with Gasteiger partial charge in [-0.1, -0.05) is 0 Å². The number of ether oxygens (including phenoxy) is 1. The second-order valence-corrected chi connectivity index (χ2v) is 6.17. The van der Waals surface area contributed by atoms with Gasteiger partial charge in [-0.25, -0.2) is 0 Å². The number of nitrogens with one attached hydrogen (secondary N) is 1. The van der Waals surface area contributed by atoms with E-state index in [1.54, 1.807) is 0 Å². The molecule has 2 heterocycles. The van der Waals surface area contributed by atoms with E-state index in [1.807, 2.05) is 0 Å². The van der Waals surface area contributed by atoms with Crippen molar-refractivity contribution in [3.05, 3.63) is 0 Å². The summed E-state index contributed by atoms with van der Waals surface area (Å²) in [5, 5.41) is 3.44. The summed E-state index contributed by atoms with van der Waals surface area (Å²) in [6, 6.07) is 0.715. The Balaban J connectivity index is 2.05. The Kier molecular flexibility index (Phi) is 2.82. The maximum atomic E-state index is 6.09. The van der Waals surface area contributed by atoms with E-state index in [9.17, 15) is 0 Å². The van der Waals surface area contributed by atoms with Crippen LogP contribution in [0.25, 0.3) is 0 Å². The average Bonchev–Trinajstić information content (AvgIpc) is 2.48. The van der Waals surface area contributed by atoms with Gasteiger partial charge in [-0.2, -0.15) is 0 Å². The van der Waals surface area contributed by atoms with Crippen LogP contribution < -0.4 is 5.32 Å². The molecule has 3 nitrogen and oxygen atoms in total. The highest BCUT2D eigenvalue weighted by molar-refractivity contribution is 4.93. The quantitative estimate of drug-likeness (QED) is 0.708. The summed E-state index contributed by atoms with van der Waals surface area (Å²) in [6.45, 7) is 13.2. The Hall–Kier alpha value is -0.120. The maximum Gasteiger partial charge on any atom is 0.0760 e. The molecule has 2 fully saturated rings. The molecule has 0 aliphatic carbocycles. The standard InChI is InChI=1S/C12H24N2O/c1-11(2)8-14(9-12(3,4)15-11)10-5-6-13-7-10/h10,13H,5-9H2,1-4H3. The molecule has 1 unspecified atom stereocenters. The zero-order chi connectivity index (χ0) is 11.1. The van der Waals surface area contributed by atoms with Gasteiger partial charge in [0.2, 0.25) is 0 Å². The molecule has 15 heavy (non-hydrogen) atoms. The minimum Gasteiger partial charge on any atom is -0.367 e. The van der Waals surface area contributed by atoms with E-state index < -0.39 is 0 Å². The fourth-order valence-corrected chi connectivity index (χ4v) is 3.06. The van der Waals surface area contributed by atoms with Gasteiger partial charge in [-0.05, 0) is 40.7 Å². The van der Waals surface area contributed by atoms with Crippen molar-refractivity contribution < 1.29 is 4.74 Å². The van der Waals surface area contributed by atoms with Crippen molar-refractivity contribution in [1.29, 1.82) is 0 Å². The molecule has 2 aliphatic rings. The van der Waals surface area contributed by atoms with Gasteiger partial charge in [0.1, 0.15) is 0 Å². The lowest BCUT2D eigenvalue weighted by molar-refractivity contribution is -0.186. The first-order valence-electron chi connectivity index (χ1n) is 6.03. The first-order chi connectivity index (χ1) is 6.88. The van der Waals surface area contributed by atoms with E-state index in [0.717, 1.165) is 19.6 Å². The molecule has 0 amide bonds. The molecule has 0 aromatic heterocycles. The van der Waals surface area contributed by atoms with Gasteiger partial charge in [-0.15, -0.1) is 0 Å². The number of morpholine rings is 1. The Labute approximate surface area is 93.2 Å². The highest BCUT2D eigenvalue weighted by atomic mass is 16.5. The van der Waals surface area contributed by atoms with E-state index in [-0.39, 0.29) is 11.2 Å². The largest absolute Gasteiger partial charge is 0.367 e. The van der Waals surface area contributed by atoms with Crippen LogP contribution in [0.15, 0.2) is 0 Å². The van der Waals surface area contributed by atoms with Gasteiger partial charge in [0.05, 0.1) is 11.2 Å². The van der Waals surface area contributed by atoms with Gasteiger partial charge < -0.3 is 10.1 Å². The van der Waals surface area contributed by atoms with Crippen molar-refractivity contribution >= 4 is 0 Å². The summed E-state index contributed by atoms with van der Waals surface area (Å²) in [5.41, 5.74) is -0.0192. The topological polar surface area (TPSA) is 24.5 Å². The van der Waals surface area contributed by atoms with Crippen molar-refractivity contribution in [2.75, 3.05) is 26.2 Å². The molecule has 1 atom stereocenters. The van der Waals surface area contributed by atoms with Crippen LogP contribution in [-0.2, 0) is 4.74 Å². The lowest BCUT2D eigenvalue weighted by atomic mass is 9.97. The van der Waals surface area contributed by atoms with Gasteiger partial charge in [0.15, 0.2) is 0 Å². The van der Waals surface area contributed by atoms with Gasteiger partial charge in [-0.3, -0.25) is 4.90 Å². The van der Waals surface area contributed by atoms with Crippen molar-refractivity contribution in [2.45, 2.75) is 51.4 Å². The molecule has 0 radical (unpaired) electrons. The predicted molar refractivity (Wildman–Crippen MR) is 62.1 cm³/mol. The number of hydrogen-bond acceptors (Lipinski definition) is 3. The third-order valence-corrected chi connectivity index (χ3v) is 3.27. The Morgan fingerprint density at radius 2 is 1.73 bits per heavy atom. The second-order valence-electron chi connectivity index (χ2n) is 6.17. The minimum atomic E-state index is -0.00958. The van der Waals surface area contributed by atoms with Gasteiger partial charge >= 0.3 is 0 Å². The summed E-state index contributed by atoms with van der Waals surface area (Å²) >= 11 is 0. The fourth-order valence-electron chi connectivity index (χ4n) is 3.06. The number of nitrogens with zero attached hydrogens (tertiary/aromatic N) is 1. The molecule has 0 aromatic rings. The molecule has 2 saturated heterocycles. The smallest absolute Gasteiger partial charge is 0.0760 e. The minimum absolute atomic E-state index is 0.00958. The summed E-state index contributed by atoms with van der Waals surface area (Å²) in [4.78, 5) is 2.60. The first kappa shape index (κ1) is 11.4. The molecule has 3 heteroatoms. The zero-order valence-corrected chi connectivity index (χ0v) is 10.5. The van der Waals surface area contributed by atoms with Crippen LogP contribution in [0.4, 0.5) is 0 Å². The second kappa shape index (κ2) is 3.72. The summed E-state index contributed by atoms with van der Waals surface area (Å²) in [7, 11) is 0. The molecule has 0 saturated carbocycles. The highest BCUT2D eigenvalue weighted by Crippen LogP contribution is 2.30. The van der Waals surface area contributed by atoms with Crippen LogP contribution in [0.3, 0.4) is 0 Å². The van der Waals surface area contributed by atoms with Crippen LogP contribution >= 0.6 is 0 Å². The van der Waals surface area contributed by atoms with Crippen LogP contribution in [0, 0.1) is 0 Å². The maximum absolute atomic E-state index is 6.09. The predicted octanol–water partition coefficient (Wildman–Crippen LogP) is 1.24. The lowest BCUT2D eigenvalue weighted by Gasteiger charge is -2.49. The molecule has 2 rings (SSSR count). The Morgan fingerprint density at radius 3 is 2.20 bits per heavy atom. The van der Waals surface area contributed by atoms with Crippen LogP contribution in [-0.4, -0.2) is 48.3 Å². The van der Waals surface area contributed by atoms with Crippen molar-refractivity contribution in [2.24, 2.45) is 0 Å². The van der Waals surface area contributed by atoms with Crippen molar-refractivity contribution in [3.63, 3.8) is 0 Å². The number of rotatable bonds is 1. The first-order valence-corrected chi connectivity index (χ1v) is 6.03. The monoisotopic (exact) mass is 212 g/mol. The summed E-state index contributed by atoms with van der Waals surface area (Å²) in [6.07, 6.45) is 1.28. The van der Waals surface area contributed by atoms with Crippen molar-refractivity contribution in [1.82, 2.24) is 10.2 Å². The van der Waals surface area contributed by atoms with E-state index in [1.165, 1.54) is 13.0 Å². The Bertz CT molecular complexity index is 216. The summed E-state index contributed by atoms with van der Waals surface area (Å²) < 4.78 is 6.09. The van der Waals surface area contributed by atoms with Gasteiger partial charge in [0.25, 0.3) is 0 Å². The SMILES string of the molecule is CC1(C)CN(C2CCNC2)CC(C)(C)O1.